The van der Waals surface area contributed by atoms with E-state index in [1.165, 1.54) is 6.07 Å². The van der Waals surface area contributed by atoms with Crippen molar-refractivity contribution in [1.29, 1.82) is 0 Å². The molecule has 17 heavy (non-hydrogen) atoms. The Morgan fingerprint density at radius 2 is 1.88 bits per heavy atom. The predicted molar refractivity (Wildman–Crippen MR) is 74.4 cm³/mol. The molecule has 0 saturated heterocycles. The zero-order chi connectivity index (χ0) is 10.7. The number of rotatable bonds is 3. The second kappa shape index (κ2) is 7.20. The van der Waals surface area contributed by atoms with Crippen LogP contribution in [0.2, 0.25) is 0 Å². The number of pyridine rings is 1. The summed E-state index contributed by atoms with van der Waals surface area (Å²) < 4.78 is 1.65. The van der Waals surface area contributed by atoms with Gasteiger partial charge >= 0.3 is 0 Å². The first-order valence-corrected chi connectivity index (χ1v) is 5.06. The first kappa shape index (κ1) is 15.8. The first-order valence-electron chi connectivity index (χ1n) is 5.06. The molecule has 0 bridgehead atoms. The van der Waals surface area contributed by atoms with Gasteiger partial charge in [-0.2, -0.15) is 4.73 Å². The summed E-state index contributed by atoms with van der Waals surface area (Å²) in [5.74, 6) is 0. The molecule has 0 radical (unpaired) electrons. The molecule has 0 aliphatic heterocycles. The fourth-order valence-corrected chi connectivity index (χ4v) is 1.48. The van der Waals surface area contributed by atoms with Gasteiger partial charge in [0.2, 0.25) is 0 Å². The number of aromatic nitrogens is 1. The third-order valence-corrected chi connectivity index (χ3v) is 2.20. The Bertz CT molecular complexity index is 525. The zero-order valence-corrected chi connectivity index (χ0v) is 11.1. The summed E-state index contributed by atoms with van der Waals surface area (Å²) in [5.41, 5.74) is 0.848. The lowest BCUT2D eigenvalue weighted by atomic mass is 10.2. The Morgan fingerprint density at radius 3 is 2.59 bits per heavy atom. The molecule has 0 N–H and O–H groups in total. The number of halogens is 2. The van der Waals surface area contributed by atoms with Crippen LogP contribution in [0.1, 0.15) is 13.3 Å². The van der Waals surface area contributed by atoms with Gasteiger partial charge in [-0.05, 0) is 18.6 Å². The molecule has 2 aromatic rings. The highest BCUT2D eigenvalue weighted by Gasteiger charge is 2.01. The summed E-state index contributed by atoms with van der Waals surface area (Å²) in [4.78, 5) is 17.0. The lowest BCUT2D eigenvalue weighted by molar-refractivity contribution is 0.119. The number of nitrogens with zero attached hydrogens (tertiary/aromatic N) is 1. The first-order chi connectivity index (χ1) is 7.33. The fraction of sp³-hybridized carbons (Fsp3) is 0.250. The standard InChI is InChI=1S/C12H13NO2.2ClH/c1-2-9-15-13-8-7-12(14)10-5-3-4-6-11(10)13;;/h3-8H,2,9H2,1H3;2*1H. The minimum absolute atomic E-state index is 0. The molecule has 94 valence electrons. The van der Waals surface area contributed by atoms with E-state index in [1.807, 2.05) is 31.2 Å². The third kappa shape index (κ3) is 3.38. The predicted octanol–water partition coefficient (Wildman–Crippen LogP) is 2.68. The maximum Gasteiger partial charge on any atom is 0.189 e. The Hall–Kier alpha value is -1.19. The third-order valence-electron chi connectivity index (χ3n) is 2.20. The summed E-state index contributed by atoms with van der Waals surface area (Å²) in [6.45, 7) is 2.69. The highest BCUT2D eigenvalue weighted by Crippen LogP contribution is 2.07. The zero-order valence-electron chi connectivity index (χ0n) is 9.46. The van der Waals surface area contributed by atoms with Crippen LogP contribution in [-0.4, -0.2) is 11.3 Å². The topological polar surface area (TPSA) is 31.2 Å². The van der Waals surface area contributed by atoms with Crippen molar-refractivity contribution in [3.05, 3.63) is 46.8 Å². The summed E-state index contributed by atoms with van der Waals surface area (Å²) >= 11 is 0. The van der Waals surface area contributed by atoms with Crippen LogP contribution < -0.4 is 10.3 Å². The molecule has 0 saturated carbocycles. The van der Waals surface area contributed by atoms with Gasteiger partial charge in [0.1, 0.15) is 6.61 Å². The van der Waals surface area contributed by atoms with E-state index in [0.29, 0.717) is 12.0 Å². The lowest BCUT2D eigenvalue weighted by Crippen LogP contribution is -2.16. The van der Waals surface area contributed by atoms with Crippen LogP contribution in [0.3, 0.4) is 0 Å². The Balaban J connectivity index is 0.00000128. The highest BCUT2D eigenvalue weighted by atomic mass is 35.5. The van der Waals surface area contributed by atoms with Crippen molar-refractivity contribution < 1.29 is 4.84 Å². The fourth-order valence-electron chi connectivity index (χ4n) is 1.48. The molecule has 0 spiro atoms. The monoisotopic (exact) mass is 275 g/mol. The largest absolute Gasteiger partial charge is 0.414 e. The van der Waals surface area contributed by atoms with E-state index in [0.717, 1.165) is 11.9 Å². The van der Waals surface area contributed by atoms with Gasteiger partial charge < -0.3 is 4.84 Å². The van der Waals surface area contributed by atoms with Gasteiger partial charge in [-0.25, -0.2) is 0 Å². The van der Waals surface area contributed by atoms with E-state index in [2.05, 4.69) is 0 Å². The van der Waals surface area contributed by atoms with Crippen molar-refractivity contribution in [3.63, 3.8) is 0 Å². The quantitative estimate of drug-likeness (QED) is 0.863. The van der Waals surface area contributed by atoms with Crippen LogP contribution >= 0.6 is 24.8 Å². The van der Waals surface area contributed by atoms with Gasteiger partial charge in [0.15, 0.2) is 5.43 Å². The Morgan fingerprint density at radius 1 is 1.18 bits per heavy atom. The van der Waals surface area contributed by atoms with Gasteiger partial charge in [-0.1, -0.05) is 19.1 Å². The van der Waals surface area contributed by atoms with E-state index < -0.39 is 0 Å². The van der Waals surface area contributed by atoms with Gasteiger partial charge in [0, 0.05) is 17.6 Å². The maximum atomic E-state index is 11.5. The van der Waals surface area contributed by atoms with Gasteiger partial charge in [-0.15, -0.1) is 24.8 Å². The molecular weight excluding hydrogens is 261 g/mol. The smallest absolute Gasteiger partial charge is 0.189 e. The molecule has 0 atom stereocenters. The Labute approximate surface area is 112 Å². The molecule has 0 amide bonds. The summed E-state index contributed by atoms with van der Waals surface area (Å²) in [5, 5.41) is 0.691. The van der Waals surface area contributed by atoms with Crippen molar-refractivity contribution in [3.8, 4) is 0 Å². The summed E-state index contributed by atoms with van der Waals surface area (Å²) in [7, 11) is 0. The highest BCUT2D eigenvalue weighted by molar-refractivity contribution is 5.85. The number of para-hydroxylation sites is 1. The number of benzene rings is 1. The van der Waals surface area contributed by atoms with Crippen molar-refractivity contribution >= 4 is 35.7 Å². The molecule has 0 aliphatic carbocycles. The lowest BCUT2D eigenvalue weighted by Gasteiger charge is -2.10. The minimum Gasteiger partial charge on any atom is -0.414 e. The molecule has 3 nitrogen and oxygen atoms in total. The molecule has 0 unspecified atom stereocenters. The minimum atomic E-state index is 0. The number of hydrogen-bond donors (Lipinski definition) is 0. The van der Waals surface area contributed by atoms with Gasteiger partial charge in [0.05, 0.1) is 5.52 Å². The van der Waals surface area contributed by atoms with Crippen LogP contribution in [0, 0.1) is 0 Å². The number of hydrogen-bond acceptors (Lipinski definition) is 2. The SMILES string of the molecule is CCCOn1ccc(=O)c2ccccc21.Cl.Cl. The van der Waals surface area contributed by atoms with Crippen LogP contribution in [0.4, 0.5) is 0 Å². The normalized spacial score (nSPS) is 9.24. The van der Waals surface area contributed by atoms with Gasteiger partial charge in [-0.3, -0.25) is 4.79 Å². The van der Waals surface area contributed by atoms with E-state index >= 15 is 0 Å². The van der Waals surface area contributed by atoms with Crippen LogP contribution in [0.5, 0.6) is 0 Å². The van der Waals surface area contributed by atoms with E-state index in [4.69, 9.17) is 4.84 Å². The van der Waals surface area contributed by atoms with E-state index in [1.54, 1.807) is 10.9 Å². The van der Waals surface area contributed by atoms with Crippen LogP contribution in [0.15, 0.2) is 41.3 Å². The summed E-state index contributed by atoms with van der Waals surface area (Å²) in [6.07, 6.45) is 2.61. The second-order valence-electron chi connectivity index (χ2n) is 3.36. The number of fused-ring (bicyclic) bond motifs is 1. The molecule has 1 aromatic carbocycles. The van der Waals surface area contributed by atoms with Crippen LogP contribution in [-0.2, 0) is 0 Å². The van der Waals surface area contributed by atoms with Gasteiger partial charge in [0.25, 0.3) is 0 Å². The molecule has 0 aliphatic rings. The molecule has 1 heterocycles. The van der Waals surface area contributed by atoms with Crippen molar-refractivity contribution in [2.75, 3.05) is 6.61 Å². The molecule has 1 aromatic heterocycles. The second-order valence-corrected chi connectivity index (χ2v) is 3.36. The van der Waals surface area contributed by atoms with Crippen molar-refractivity contribution in [2.45, 2.75) is 13.3 Å². The maximum absolute atomic E-state index is 11.5. The average Bonchev–Trinajstić information content (AvgIpc) is 2.29. The van der Waals surface area contributed by atoms with E-state index in [-0.39, 0.29) is 30.2 Å². The molecule has 5 heteroatoms. The molecule has 0 fully saturated rings. The van der Waals surface area contributed by atoms with Crippen molar-refractivity contribution in [1.82, 2.24) is 4.73 Å². The Kier molecular flexibility index (Phi) is 6.69. The van der Waals surface area contributed by atoms with E-state index in [9.17, 15) is 4.79 Å². The van der Waals surface area contributed by atoms with Crippen LogP contribution in [0.25, 0.3) is 10.9 Å². The molecular formula is C12H15Cl2NO2. The average molecular weight is 276 g/mol. The van der Waals surface area contributed by atoms with Crippen molar-refractivity contribution in [2.24, 2.45) is 0 Å². The molecule has 2 rings (SSSR count). The summed E-state index contributed by atoms with van der Waals surface area (Å²) in [6, 6.07) is 8.97.